The van der Waals surface area contributed by atoms with Crippen molar-refractivity contribution in [3.8, 4) is 11.4 Å². The summed E-state index contributed by atoms with van der Waals surface area (Å²) in [5, 5.41) is 8.34. The molecule has 0 fully saturated rings. The maximum absolute atomic E-state index is 13.0. The van der Waals surface area contributed by atoms with Gasteiger partial charge in [0, 0.05) is 11.9 Å². The van der Waals surface area contributed by atoms with Crippen molar-refractivity contribution in [2.24, 2.45) is 0 Å². The minimum Gasteiger partial charge on any atom is -0.491 e. The zero-order valence-electron chi connectivity index (χ0n) is 18.1. The van der Waals surface area contributed by atoms with Crippen LogP contribution in [0, 0.1) is 0 Å². The SMILES string of the molecule is CC(C)Oc1ccc(CCNC(=O)c2nn(-c3ccccc3)c(=O)c3ccccc23)cc1. The van der Waals surface area contributed by atoms with Crippen molar-refractivity contribution >= 4 is 16.7 Å². The monoisotopic (exact) mass is 427 g/mol. The highest BCUT2D eigenvalue weighted by atomic mass is 16.5. The van der Waals surface area contributed by atoms with E-state index in [1.807, 2.05) is 56.3 Å². The zero-order valence-corrected chi connectivity index (χ0v) is 18.1. The van der Waals surface area contributed by atoms with Gasteiger partial charge in [-0.1, -0.05) is 48.5 Å². The van der Waals surface area contributed by atoms with Gasteiger partial charge in [-0.25, -0.2) is 0 Å². The van der Waals surface area contributed by atoms with E-state index in [-0.39, 0.29) is 23.3 Å². The fraction of sp³-hybridized carbons (Fsp3) is 0.192. The van der Waals surface area contributed by atoms with Gasteiger partial charge in [-0.15, -0.1) is 0 Å². The Kier molecular flexibility index (Phi) is 6.31. The van der Waals surface area contributed by atoms with Crippen molar-refractivity contribution in [2.45, 2.75) is 26.4 Å². The van der Waals surface area contributed by atoms with Gasteiger partial charge in [-0.05, 0) is 56.2 Å². The lowest BCUT2D eigenvalue weighted by molar-refractivity contribution is 0.0949. The molecule has 3 aromatic carbocycles. The molecule has 4 rings (SSSR count). The molecule has 32 heavy (non-hydrogen) atoms. The molecule has 6 nitrogen and oxygen atoms in total. The average Bonchev–Trinajstić information content (AvgIpc) is 2.81. The van der Waals surface area contributed by atoms with Gasteiger partial charge >= 0.3 is 0 Å². The van der Waals surface area contributed by atoms with Crippen LogP contribution in [0.4, 0.5) is 0 Å². The van der Waals surface area contributed by atoms with Crippen molar-refractivity contribution in [1.29, 1.82) is 0 Å². The minimum absolute atomic E-state index is 0.126. The molecule has 0 aliphatic carbocycles. The standard InChI is InChI=1S/C26H25N3O3/c1-18(2)32-21-14-12-19(13-15-21)16-17-27-25(30)24-22-10-6-7-11-23(22)26(31)29(28-24)20-8-4-3-5-9-20/h3-15,18H,16-17H2,1-2H3,(H,27,30). The third-order valence-corrected chi connectivity index (χ3v) is 5.02. The van der Waals surface area contributed by atoms with Gasteiger partial charge in [-0.2, -0.15) is 9.78 Å². The second kappa shape index (κ2) is 9.47. The van der Waals surface area contributed by atoms with Gasteiger partial charge in [0.05, 0.1) is 17.2 Å². The predicted octanol–water partition coefficient (Wildman–Crippen LogP) is 4.15. The number of carbonyl (C=O) groups excluding carboxylic acids is 1. The summed E-state index contributed by atoms with van der Waals surface area (Å²) in [4.78, 5) is 26.0. The minimum atomic E-state index is -0.314. The maximum atomic E-state index is 13.0. The largest absolute Gasteiger partial charge is 0.491 e. The molecule has 0 saturated heterocycles. The molecule has 162 valence electrons. The first kappa shape index (κ1) is 21.3. The predicted molar refractivity (Wildman–Crippen MR) is 126 cm³/mol. The molecule has 0 aliphatic heterocycles. The van der Waals surface area contributed by atoms with Crippen LogP contribution >= 0.6 is 0 Å². The van der Waals surface area contributed by atoms with E-state index in [1.165, 1.54) is 4.68 Å². The molecule has 4 aromatic rings. The molecular formula is C26H25N3O3. The molecule has 1 N–H and O–H groups in total. The Labute approximate surface area is 186 Å². The maximum Gasteiger partial charge on any atom is 0.279 e. The number of nitrogens with zero attached hydrogens (tertiary/aromatic N) is 2. The van der Waals surface area contributed by atoms with E-state index in [0.29, 0.717) is 29.4 Å². The highest BCUT2D eigenvalue weighted by molar-refractivity contribution is 6.04. The van der Waals surface area contributed by atoms with Gasteiger partial charge in [0.25, 0.3) is 11.5 Å². The molecule has 6 heteroatoms. The van der Waals surface area contributed by atoms with E-state index in [0.717, 1.165) is 11.3 Å². The smallest absolute Gasteiger partial charge is 0.279 e. The normalized spacial score (nSPS) is 11.0. The molecule has 1 heterocycles. The lowest BCUT2D eigenvalue weighted by Gasteiger charge is -2.12. The molecule has 1 amide bonds. The summed E-state index contributed by atoms with van der Waals surface area (Å²) in [6.07, 6.45) is 0.797. The van der Waals surface area contributed by atoms with Gasteiger partial charge in [-0.3, -0.25) is 9.59 Å². The Balaban J connectivity index is 1.54. The van der Waals surface area contributed by atoms with Crippen molar-refractivity contribution in [3.05, 3.63) is 100 Å². The van der Waals surface area contributed by atoms with E-state index in [2.05, 4.69) is 10.4 Å². The van der Waals surface area contributed by atoms with Crippen LogP contribution in [-0.2, 0) is 6.42 Å². The number of fused-ring (bicyclic) bond motifs is 1. The number of rotatable bonds is 7. The summed E-state index contributed by atoms with van der Waals surface area (Å²) < 4.78 is 6.94. The number of aromatic nitrogens is 2. The second-order valence-electron chi connectivity index (χ2n) is 7.76. The fourth-order valence-electron chi connectivity index (χ4n) is 3.51. The van der Waals surface area contributed by atoms with Crippen LogP contribution in [0.3, 0.4) is 0 Å². The molecule has 0 radical (unpaired) electrons. The van der Waals surface area contributed by atoms with Gasteiger partial charge in [0.2, 0.25) is 0 Å². The molecule has 0 bridgehead atoms. The summed E-state index contributed by atoms with van der Waals surface area (Å²) >= 11 is 0. The molecular weight excluding hydrogens is 402 g/mol. The Bertz CT molecular complexity index is 1280. The number of para-hydroxylation sites is 1. The van der Waals surface area contributed by atoms with E-state index < -0.39 is 0 Å². The number of nitrogens with one attached hydrogen (secondary N) is 1. The number of ether oxygens (including phenoxy) is 1. The number of hydrogen-bond acceptors (Lipinski definition) is 4. The van der Waals surface area contributed by atoms with Gasteiger partial charge in [0.1, 0.15) is 5.75 Å². The van der Waals surface area contributed by atoms with Crippen LogP contribution in [0.15, 0.2) is 83.7 Å². The highest BCUT2D eigenvalue weighted by Gasteiger charge is 2.17. The first-order chi connectivity index (χ1) is 15.5. The zero-order chi connectivity index (χ0) is 22.5. The average molecular weight is 428 g/mol. The van der Waals surface area contributed by atoms with Crippen LogP contribution in [-0.4, -0.2) is 28.3 Å². The lowest BCUT2D eigenvalue weighted by atomic mass is 10.1. The van der Waals surface area contributed by atoms with Crippen LogP contribution in [0.2, 0.25) is 0 Å². The molecule has 0 aliphatic rings. The Morgan fingerprint density at radius 3 is 2.28 bits per heavy atom. The molecule has 1 aromatic heterocycles. The van der Waals surface area contributed by atoms with Gasteiger partial charge < -0.3 is 10.1 Å². The summed E-state index contributed by atoms with van der Waals surface area (Å²) in [7, 11) is 0. The molecule has 0 spiro atoms. The summed E-state index contributed by atoms with van der Waals surface area (Å²) in [5.74, 6) is 0.511. The lowest BCUT2D eigenvalue weighted by Crippen LogP contribution is -2.31. The highest BCUT2D eigenvalue weighted by Crippen LogP contribution is 2.16. The number of hydrogen-bond donors (Lipinski definition) is 1. The first-order valence-electron chi connectivity index (χ1n) is 10.6. The molecule has 0 unspecified atom stereocenters. The van der Waals surface area contributed by atoms with E-state index in [9.17, 15) is 9.59 Å². The second-order valence-corrected chi connectivity index (χ2v) is 7.76. The number of amides is 1. The van der Waals surface area contributed by atoms with Crippen molar-refractivity contribution in [2.75, 3.05) is 6.54 Å². The Morgan fingerprint density at radius 1 is 0.938 bits per heavy atom. The summed E-state index contributed by atoms with van der Waals surface area (Å²) in [6, 6.07) is 24.0. The van der Waals surface area contributed by atoms with E-state index in [4.69, 9.17) is 4.74 Å². The summed E-state index contributed by atoms with van der Waals surface area (Å²) in [6.45, 7) is 4.42. The van der Waals surface area contributed by atoms with Crippen molar-refractivity contribution < 1.29 is 9.53 Å². The third-order valence-electron chi connectivity index (χ3n) is 5.02. The Hall–Kier alpha value is -3.93. The Morgan fingerprint density at radius 2 is 1.59 bits per heavy atom. The molecule has 0 atom stereocenters. The van der Waals surface area contributed by atoms with Crippen LogP contribution in [0.5, 0.6) is 5.75 Å². The quantitative estimate of drug-likeness (QED) is 0.481. The van der Waals surface area contributed by atoms with E-state index in [1.54, 1.807) is 36.4 Å². The van der Waals surface area contributed by atoms with Crippen LogP contribution < -0.4 is 15.6 Å². The fourth-order valence-corrected chi connectivity index (χ4v) is 3.51. The van der Waals surface area contributed by atoms with Crippen molar-refractivity contribution in [1.82, 2.24) is 15.1 Å². The summed E-state index contributed by atoms with van der Waals surface area (Å²) in [5.41, 5.74) is 1.67. The van der Waals surface area contributed by atoms with Gasteiger partial charge in [0.15, 0.2) is 5.69 Å². The van der Waals surface area contributed by atoms with Crippen LogP contribution in [0.25, 0.3) is 16.5 Å². The number of benzene rings is 3. The first-order valence-corrected chi connectivity index (χ1v) is 10.6. The van der Waals surface area contributed by atoms with Crippen molar-refractivity contribution in [3.63, 3.8) is 0 Å². The van der Waals surface area contributed by atoms with Crippen LogP contribution in [0.1, 0.15) is 29.9 Å². The topological polar surface area (TPSA) is 73.2 Å². The number of carbonyl (C=O) groups is 1. The third kappa shape index (κ3) is 4.70. The molecule has 0 saturated carbocycles. The van der Waals surface area contributed by atoms with E-state index >= 15 is 0 Å².